The topological polar surface area (TPSA) is 87.8 Å². The van der Waals surface area contributed by atoms with Crippen molar-refractivity contribution in [2.75, 3.05) is 20.2 Å². The molecule has 2 unspecified atom stereocenters. The van der Waals surface area contributed by atoms with E-state index < -0.39 is 5.97 Å². The minimum Gasteiger partial charge on any atom is -0.480 e. The summed E-state index contributed by atoms with van der Waals surface area (Å²) >= 11 is 6.14. The molecule has 2 atom stereocenters. The predicted octanol–water partition coefficient (Wildman–Crippen LogP) is 2.40. The first-order valence-electron chi connectivity index (χ1n) is 7.81. The maximum absolute atomic E-state index is 10.7. The number of ether oxygens (including phenoxy) is 1. The summed E-state index contributed by atoms with van der Waals surface area (Å²) in [7, 11) is 2.06. The average Bonchev–Trinajstić information content (AvgIpc) is 2.83. The van der Waals surface area contributed by atoms with Crippen LogP contribution >= 0.6 is 56.9 Å². The summed E-state index contributed by atoms with van der Waals surface area (Å²) in [4.78, 5) is 14.2. The largest absolute Gasteiger partial charge is 0.480 e. The van der Waals surface area contributed by atoms with Gasteiger partial charge in [-0.15, -0.1) is 0 Å². The number of carboxylic acids is 1. The summed E-state index contributed by atoms with van der Waals surface area (Å²) in [5.74, 6) is -0.332. The zero-order chi connectivity index (χ0) is 18.1. The molecule has 0 radical (unpaired) electrons. The van der Waals surface area contributed by atoms with Gasteiger partial charge in [-0.05, 0) is 69.3 Å². The van der Waals surface area contributed by atoms with Crippen molar-refractivity contribution in [3.05, 3.63) is 35.4 Å². The van der Waals surface area contributed by atoms with E-state index in [1.54, 1.807) is 11.8 Å². The Bertz CT molecular complexity index is 706. The number of benzene rings is 1. The van der Waals surface area contributed by atoms with Crippen LogP contribution in [0.3, 0.4) is 0 Å². The maximum Gasteiger partial charge on any atom is 0.341 e. The van der Waals surface area contributed by atoms with E-state index in [0.717, 1.165) is 26.5 Å². The lowest BCUT2D eigenvalue weighted by Gasteiger charge is -2.27. The Balaban J connectivity index is 1.78. The highest BCUT2D eigenvalue weighted by Gasteiger charge is 2.34. The van der Waals surface area contributed by atoms with Gasteiger partial charge in [-0.3, -0.25) is 0 Å². The fourth-order valence-electron chi connectivity index (χ4n) is 3.05. The van der Waals surface area contributed by atoms with Gasteiger partial charge in [-0.1, -0.05) is 11.8 Å². The van der Waals surface area contributed by atoms with E-state index in [2.05, 4.69) is 74.6 Å². The molecule has 1 aromatic carbocycles. The molecule has 2 aliphatic rings. The molecule has 0 fully saturated rings. The lowest BCUT2D eigenvalue weighted by atomic mass is 10.0. The van der Waals surface area contributed by atoms with Gasteiger partial charge in [-0.2, -0.15) is 0 Å². The minimum absolute atomic E-state index is 0.000494. The van der Waals surface area contributed by atoms with Gasteiger partial charge in [0.1, 0.15) is 11.2 Å². The van der Waals surface area contributed by atoms with Crippen molar-refractivity contribution in [1.82, 2.24) is 10.2 Å². The molecule has 0 aliphatic carbocycles. The van der Waals surface area contributed by atoms with Crippen molar-refractivity contribution in [2.45, 2.75) is 24.4 Å². The molecule has 1 aromatic rings. The van der Waals surface area contributed by atoms with E-state index in [4.69, 9.17) is 15.6 Å². The van der Waals surface area contributed by atoms with Crippen LogP contribution in [0.25, 0.3) is 0 Å². The molecule has 0 bridgehead atoms. The smallest absolute Gasteiger partial charge is 0.341 e. The number of aliphatic carboxylic acids is 1. The summed E-state index contributed by atoms with van der Waals surface area (Å²) in [6, 6.07) is 4.40. The van der Waals surface area contributed by atoms with Crippen LogP contribution < -0.4 is 15.8 Å². The van der Waals surface area contributed by atoms with Gasteiger partial charge in [0.25, 0.3) is 0 Å². The van der Waals surface area contributed by atoms with Crippen molar-refractivity contribution in [3.63, 3.8) is 0 Å². The number of nitrogens with two attached hydrogens (primary N) is 1. The molecular weight excluding hydrogens is 568 g/mol. The van der Waals surface area contributed by atoms with Gasteiger partial charge < -0.3 is 25.8 Å². The highest BCUT2D eigenvalue weighted by molar-refractivity contribution is 14.1. The molecule has 25 heavy (non-hydrogen) atoms. The van der Waals surface area contributed by atoms with Crippen LogP contribution in [0.1, 0.15) is 12.0 Å². The number of rotatable bonds is 5. The minimum atomic E-state index is -0.972. The van der Waals surface area contributed by atoms with E-state index in [0.29, 0.717) is 5.75 Å². The van der Waals surface area contributed by atoms with Gasteiger partial charge in [0.2, 0.25) is 0 Å². The number of hydrogen-bond donors (Lipinski definition) is 3. The Hall–Kier alpha value is -0.240. The van der Waals surface area contributed by atoms with Crippen LogP contribution in [0.5, 0.6) is 5.75 Å². The van der Waals surface area contributed by atoms with E-state index >= 15 is 0 Å². The third kappa shape index (κ3) is 4.37. The Labute approximate surface area is 178 Å². The lowest BCUT2D eigenvalue weighted by Crippen LogP contribution is -2.38. The fourth-order valence-corrected chi connectivity index (χ4v) is 6.51. The van der Waals surface area contributed by atoms with Crippen LogP contribution in [-0.2, 0) is 11.2 Å². The van der Waals surface area contributed by atoms with E-state index in [1.165, 1.54) is 16.2 Å². The van der Waals surface area contributed by atoms with Gasteiger partial charge >= 0.3 is 5.97 Å². The number of hydrogen-bond acceptors (Lipinski definition) is 6. The molecule has 6 nitrogen and oxygen atoms in total. The molecule has 9 heteroatoms. The molecule has 0 saturated heterocycles. The third-order valence-electron chi connectivity index (χ3n) is 4.25. The first-order chi connectivity index (χ1) is 11.9. The van der Waals surface area contributed by atoms with Crippen LogP contribution in [0.2, 0.25) is 0 Å². The first kappa shape index (κ1) is 19.5. The summed E-state index contributed by atoms with van der Waals surface area (Å²) < 4.78 is 7.26. The fraction of sp³-hybridized carbons (Fsp3) is 0.438. The van der Waals surface area contributed by atoms with E-state index in [-0.39, 0.29) is 18.1 Å². The van der Waals surface area contributed by atoms with Crippen molar-refractivity contribution < 1.29 is 14.6 Å². The summed E-state index contributed by atoms with van der Waals surface area (Å²) in [6.45, 7) is 0.627. The van der Waals surface area contributed by atoms with Gasteiger partial charge in [-0.25, -0.2) is 4.79 Å². The Morgan fingerprint density at radius 2 is 2.16 bits per heavy atom. The molecule has 4 N–H and O–H groups in total. The van der Waals surface area contributed by atoms with Crippen molar-refractivity contribution in [2.24, 2.45) is 5.73 Å². The Kier molecular flexibility index (Phi) is 6.40. The normalized spacial score (nSPS) is 23.0. The highest BCUT2D eigenvalue weighted by atomic mass is 127. The second kappa shape index (κ2) is 8.19. The number of halogens is 2. The van der Waals surface area contributed by atoms with Crippen LogP contribution in [-0.4, -0.2) is 47.7 Å². The number of carboxylic acid groups (broad SMARTS) is 1. The van der Waals surface area contributed by atoms with Gasteiger partial charge in [0, 0.05) is 36.7 Å². The number of carbonyl (C=O) groups is 1. The predicted molar refractivity (Wildman–Crippen MR) is 115 cm³/mol. The van der Waals surface area contributed by atoms with Gasteiger partial charge in [0.05, 0.1) is 7.14 Å². The quantitative estimate of drug-likeness (QED) is 0.457. The second-order valence-corrected chi connectivity index (χ2v) is 9.44. The van der Waals surface area contributed by atoms with Crippen LogP contribution in [0, 0.1) is 7.14 Å². The zero-order valence-electron chi connectivity index (χ0n) is 13.6. The first-order valence-corrected chi connectivity index (χ1v) is 10.8. The summed E-state index contributed by atoms with van der Waals surface area (Å²) in [5.41, 5.74) is 8.73. The maximum atomic E-state index is 10.7. The number of thioether (sulfide) groups is 1. The van der Waals surface area contributed by atoms with E-state index in [1.807, 2.05) is 0 Å². The standard InChI is InChI=1S/C16H19I2N3O3S/c1-21-12-2-3-20-11(15(12)25-16(21)19)6-8-4-9(17)14(10(18)5-8)24-7-13(22)23/h4-5,11,16,20H,2-3,6-7,19H2,1H3,(H,22,23). The van der Waals surface area contributed by atoms with Crippen LogP contribution in [0.15, 0.2) is 22.7 Å². The molecule has 0 spiro atoms. The molecule has 0 amide bonds. The average molecular weight is 587 g/mol. The van der Waals surface area contributed by atoms with Crippen molar-refractivity contribution in [3.8, 4) is 5.75 Å². The SMILES string of the molecule is CN1C2=C(SC1N)C(Cc1cc(I)c(OCC(=O)O)c(I)c1)NCC2. The molecule has 0 saturated carbocycles. The Morgan fingerprint density at radius 1 is 1.48 bits per heavy atom. The summed E-state index contributed by atoms with van der Waals surface area (Å²) in [5, 5.41) is 12.4. The van der Waals surface area contributed by atoms with E-state index in [9.17, 15) is 4.79 Å². The zero-order valence-corrected chi connectivity index (χ0v) is 18.7. The molecule has 2 heterocycles. The molecular formula is C16H19I2N3O3S. The molecule has 0 aromatic heterocycles. The highest BCUT2D eigenvalue weighted by Crippen LogP contribution is 2.41. The summed E-state index contributed by atoms with van der Waals surface area (Å²) in [6.07, 6.45) is 1.89. The molecule has 2 aliphatic heterocycles. The molecule has 136 valence electrons. The van der Waals surface area contributed by atoms with Crippen molar-refractivity contribution >= 4 is 62.9 Å². The number of nitrogens with one attached hydrogen (secondary N) is 1. The third-order valence-corrected chi connectivity index (χ3v) is 7.18. The van der Waals surface area contributed by atoms with Gasteiger partial charge in [0.15, 0.2) is 6.61 Å². The second-order valence-electron chi connectivity index (χ2n) is 5.96. The monoisotopic (exact) mass is 587 g/mol. The van der Waals surface area contributed by atoms with Crippen molar-refractivity contribution in [1.29, 1.82) is 0 Å². The van der Waals surface area contributed by atoms with Crippen LogP contribution in [0.4, 0.5) is 0 Å². The lowest BCUT2D eigenvalue weighted by molar-refractivity contribution is -0.139. The Morgan fingerprint density at radius 3 is 2.80 bits per heavy atom. The number of nitrogens with zero attached hydrogens (tertiary/aromatic N) is 1. The molecule has 3 rings (SSSR count).